The Bertz CT molecular complexity index is 614. The molecule has 6 heteroatoms. The Labute approximate surface area is 191 Å². The summed E-state index contributed by atoms with van der Waals surface area (Å²) in [4.78, 5) is 38.1. The average molecular weight is 440 g/mol. The van der Waals surface area contributed by atoms with Crippen molar-refractivity contribution in [1.29, 1.82) is 0 Å². The molecule has 2 atom stereocenters. The van der Waals surface area contributed by atoms with Crippen molar-refractivity contribution in [3.8, 4) is 0 Å². The third-order valence-corrected chi connectivity index (χ3v) is 4.74. The molecular weight excluding hydrogens is 390 g/mol. The fourth-order valence-electron chi connectivity index (χ4n) is 3.35. The molecule has 31 heavy (non-hydrogen) atoms. The second kappa shape index (κ2) is 11.0. The van der Waals surface area contributed by atoms with Crippen LogP contribution in [0.4, 0.5) is 0 Å². The highest BCUT2D eigenvalue weighted by Gasteiger charge is 2.33. The van der Waals surface area contributed by atoms with Gasteiger partial charge in [0.1, 0.15) is 0 Å². The van der Waals surface area contributed by atoms with Crippen molar-refractivity contribution in [2.75, 3.05) is 6.54 Å². The van der Waals surface area contributed by atoms with Crippen molar-refractivity contribution in [3.63, 3.8) is 0 Å². The van der Waals surface area contributed by atoms with Crippen LogP contribution in [0.2, 0.25) is 0 Å². The fourth-order valence-corrected chi connectivity index (χ4v) is 3.35. The van der Waals surface area contributed by atoms with Crippen LogP contribution in [0.25, 0.3) is 0 Å². The lowest BCUT2D eigenvalue weighted by atomic mass is 9.84. The van der Waals surface area contributed by atoms with Crippen molar-refractivity contribution in [2.24, 2.45) is 10.8 Å². The van der Waals surface area contributed by atoms with E-state index in [4.69, 9.17) is 0 Å². The van der Waals surface area contributed by atoms with Crippen molar-refractivity contribution >= 4 is 17.5 Å². The summed E-state index contributed by atoms with van der Waals surface area (Å²) < 4.78 is 0. The number of carbonyl (C=O) groups is 3. The van der Waals surface area contributed by atoms with Gasteiger partial charge in [-0.05, 0) is 54.4 Å². The molecule has 182 valence electrons. The van der Waals surface area contributed by atoms with Gasteiger partial charge in [-0.3, -0.25) is 14.4 Å². The zero-order chi connectivity index (χ0) is 24.8. The van der Waals surface area contributed by atoms with Crippen LogP contribution < -0.4 is 16.0 Å². The molecule has 0 spiro atoms. The van der Waals surface area contributed by atoms with Crippen LogP contribution in [0.3, 0.4) is 0 Å². The highest BCUT2D eigenvalue weighted by molar-refractivity contribution is 5.90. The Morgan fingerprint density at radius 1 is 0.613 bits per heavy atom. The largest absolute Gasteiger partial charge is 0.356 e. The summed E-state index contributed by atoms with van der Waals surface area (Å²) in [5, 5.41) is 9.68. The Kier molecular flexibility index (Phi) is 10.6. The molecule has 0 bridgehead atoms. The lowest BCUT2D eigenvalue weighted by molar-refractivity contribution is -0.130. The van der Waals surface area contributed by atoms with Crippen molar-refractivity contribution in [1.82, 2.24) is 16.0 Å². The summed E-state index contributed by atoms with van der Waals surface area (Å²) in [5.74, 6) is 0.155. The van der Waals surface area contributed by atoms with E-state index in [1.54, 1.807) is 0 Å². The van der Waals surface area contributed by atoms with E-state index in [0.717, 1.165) is 0 Å². The molecule has 0 saturated carbocycles. The molecule has 6 nitrogen and oxygen atoms in total. The van der Waals surface area contributed by atoms with Crippen LogP contribution in [-0.4, -0.2) is 47.2 Å². The maximum atomic E-state index is 12.8. The van der Waals surface area contributed by atoms with E-state index < -0.39 is 10.8 Å². The van der Waals surface area contributed by atoms with Gasteiger partial charge in [-0.25, -0.2) is 0 Å². The molecule has 2 unspecified atom stereocenters. The summed E-state index contributed by atoms with van der Waals surface area (Å²) >= 11 is 0. The van der Waals surface area contributed by atoms with Gasteiger partial charge in [0.2, 0.25) is 5.91 Å². The molecule has 0 aromatic rings. The van der Waals surface area contributed by atoms with E-state index in [2.05, 4.69) is 16.0 Å². The Morgan fingerprint density at radius 2 is 0.968 bits per heavy atom. The molecular formula is C25H49N3O3. The smallest absolute Gasteiger partial charge is 0.220 e. The van der Waals surface area contributed by atoms with Gasteiger partial charge in [-0.2, -0.15) is 0 Å². The van der Waals surface area contributed by atoms with E-state index in [-0.39, 0.29) is 47.1 Å². The van der Waals surface area contributed by atoms with Gasteiger partial charge in [0, 0.05) is 34.9 Å². The first-order valence-corrected chi connectivity index (χ1v) is 11.5. The molecule has 0 radical (unpaired) electrons. The summed E-state index contributed by atoms with van der Waals surface area (Å²) in [6, 6.07) is -0.693. The van der Waals surface area contributed by atoms with Gasteiger partial charge in [-0.15, -0.1) is 0 Å². The van der Waals surface area contributed by atoms with Gasteiger partial charge in [-0.1, -0.05) is 41.5 Å². The molecule has 0 rings (SSSR count). The number of hydrogen-bond donors (Lipinski definition) is 3. The predicted molar refractivity (Wildman–Crippen MR) is 129 cm³/mol. The molecule has 0 aliphatic rings. The van der Waals surface area contributed by atoms with Gasteiger partial charge < -0.3 is 16.0 Å². The summed E-state index contributed by atoms with van der Waals surface area (Å²) in [6.45, 7) is 24.0. The van der Waals surface area contributed by atoms with Crippen molar-refractivity contribution < 1.29 is 14.4 Å². The van der Waals surface area contributed by atoms with Crippen molar-refractivity contribution in [2.45, 2.75) is 126 Å². The highest BCUT2D eigenvalue weighted by Crippen LogP contribution is 2.21. The summed E-state index contributed by atoms with van der Waals surface area (Å²) in [5.41, 5.74) is -1.35. The Morgan fingerprint density at radius 3 is 1.29 bits per heavy atom. The minimum atomic E-state index is -0.474. The minimum absolute atomic E-state index is 0.0971. The average Bonchev–Trinajstić information content (AvgIpc) is 2.52. The maximum Gasteiger partial charge on any atom is 0.220 e. The molecule has 1 amide bonds. The summed E-state index contributed by atoms with van der Waals surface area (Å²) in [7, 11) is 0. The highest BCUT2D eigenvalue weighted by atomic mass is 16.2. The fraction of sp³-hybridized carbons (Fsp3) is 0.880. The Hall–Kier alpha value is -1.27. The standard InChI is InChI=1S/C25H49N3O3/c1-22(2,3)20(30)17(27-24(7,8)9)13-14-19(29)26-16-15-18(28-25(10,11)12)21(31)23(4,5)6/h17-18,27-28H,13-16H2,1-12H3,(H,26,29). The quantitative estimate of drug-likeness (QED) is 0.479. The number of nitrogens with one attached hydrogen (secondary N) is 3. The second-order valence-corrected chi connectivity index (χ2v) is 12.8. The number of Topliss-reactive ketones (excluding diaryl/α,β-unsaturated/α-hetero) is 2. The zero-order valence-electron chi connectivity index (χ0n) is 22.2. The lowest BCUT2D eigenvalue weighted by Gasteiger charge is -2.32. The van der Waals surface area contributed by atoms with E-state index in [9.17, 15) is 14.4 Å². The minimum Gasteiger partial charge on any atom is -0.356 e. The molecule has 0 saturated heterocycles. The van der Waals surface area contributed by atoms with Crippen LogP contribution in [0.1, 0.15) is 102 Å². The number of amides is 1. The summed E-state index contributed by atoms with van der Waals surface area (Å²) in [6.07, 6.45) is 1.24. The van der Waals surface area contributed by atoms with Gasteiger partial charge >= 0.3 is 0 Å². The van der Waals surface area contributed by atoms with Gasteiger partial charge in [0.15, 0.2) is 11.6 Å². The number of hydrogen-bond acceptors (Lipinski definition) is 5. The molecule has 0 fully saturated rings. The van der Waals surface area contributed by atoms with Crippen LogP contribution in [-0.2, 0) is 14.4 Å². The van der Waals surface area contributed by atoms with E-state index in [1.807, 2.05) is 83.1 Å². The lowest BCUT2D eigenvalue weighted by Crippen LogP contribution is -2.52. The third kappa shape index (κ3) is 13.0. The number of ketones is 2. The zero-order valence-corrected chi connectivity index (χ0v) is 22.2. The van der Waals surface area contributed by atoms with Crippen LogP contribution in [0.5, 0.6) is 0 Å². The molecule has 0 aliphatic heterocycles. The molecule has 0 aromatic carbocycles. The maximum absolute atomic E-state index is 12.8. The van der Waals surface area contributed by atoms with E-state index in [1.165, 1.54) is 0 Å². The monoisotopic (exact) mass is 439 g/mol. The van der Waals surface area contributed by atoms with E-state index in [0.29, 0.717) is 19.4 Å². The normalized spacial score (nSPS) is 15.4. The first-order valence-electron chi connectivity index (χ1n) is 11.5. The molecule has 0 heterocycles. The first kappa shape index (κ1) is 29.7. The van der Waals surface area contributed by atoms with E-state index >= 15 is 0 Å². The van der Waals surface area contributed by atoms with Crippen LogP contribution in [0.15, 0.2) is 0 Å². The van der Waals surface area contributed by atoms with Gasteiger partial charge in [0.05, 0.1) is 12.1 Å². The third-order valence-electron chi connectivity index (χ3n) is 4.74. The Balaban J connectivity index is 4.91. The topological polar surface area (TPSA) is 87.3 Å². The molecule has 0 aliphatic carbocycles. The molecule has 3 N–H and O–H groups in total. The van der Waals surface area contributed by atoms with Crippen molar-refractivity contribution in [3.05, 3.63) is 0 Å². The van der Waals surface area contributed by atoms with Gasteiger partial charge in [0.25, 0.3) is 0 Å². The number of carbonyl (C=O) groups excluding carboxylic acids is 3. The number of rotatable bonds is 10. The second-order valence-electron chi connectivity index (χ2n) is 12.8. The SMILES string of the molecule is CC(C)(C)NC(CCNC(=O)CCC(NC(C)(C)C)C(=O)C(C)(C)C)C(=O)C(C)(C)C. The molecule has 0 aromatic heterocycles. The van der Waals surface area contributed by atoms with Crippen LogP contribution in [0, 0.1) is 10.8 Å². The van der Waals surface area contributed by atoms with Crippen LogP contribution >= 0.6 is 0 Å². The predicted octanol–water partition coefficient (Wildman–Crippen LogP) is 4.02. The first-order chi connectivity index (χ1) is 13.6.